The van der Waals surface area contributed by atoms with Crippen molar-refractivity contribution in [1.82, 2.24) is 15.0 Å². The molecule has 6 rings (SSSR count). The SMILES string of the molecule is C=Cc1c2[n-]c(c1C)/C=c1\[n-]/c(c(CCC(=O)O)c1C)=C\c1[n-]c(c(C)c1CCC(=O)O)/C=C1\[N-]/C(=C\2c2ccccc2)C(C)C1C=C.[Fe+6]. The zero-order valence-electron chi connectivity index (χ0n) is 28.0. The van der Waals surface area contributed by atoms with Gasteiger partial charge in [-0.2, -0.15) is 5.70 Å². The van der Waals surface area contributed by atoms with Crippen LogP contribution in [-0.2, 0) is 39.5 Å². The van der Waals surface area contributed by atoms with E-state index in [1.54, 1.807) is 0 Å². The first-order valence-electron chi connectivity index (χ1n) is 16.1. The molecule has 9 heteroatoms. The van der Waals surface area contributed by atoms with Crippen molar-refractivity contribution in [2.45, 2.75) is 53.4 Å². The number of fused-ring (bicyclic) bond motifs is 8. The van der Waals surface area contributed by atoms with Crippen LogP contribution in [0.1, 0.15) is 81.5 Å². The molecule has 248 valence electrons. The van der Waals surface area contributed by atoms with Gasteiger partial charge in [0.05, 0.1) is 0 Å². The molecular weight excluding hydrogens is 656 g/mol. The molecule has 8 bridgehead atoms. The maximum absolute atomic E-state index is 11.7. The van der Waals surface area contributed by atoms with Gasteiger partial charge in [0.15, 0.2) is 0 Å². The van der Waals surface area contributed by atoms with Gasteiger partial charge in [-0.05, 0) is 56.6 Å². The van der Waals surface area contributed by atoms with E-state index in [0.717, 1.165) is 67.3 Å². The summed E-state index contributed by atoms with van der Waals surface area (Å²) in [5.41, 5.74) is 11.7. The van der Waals surface area contributed by atoms with Gasteiger partial charge in [-0.1, -0.05) is 108 Å². The third-order valence-corrected chi connectivity index (χ3v) is 9.63. The number of carbonyl (C=O) groups is 2. The molecule has 0 radical (unpaired) electrons. The average molecular weight is 695 g/mol. The predicted octanol–water partition coefficient (Wildman–Crippen LogP) is 5.76. The van der Waals surface area contributed by atoms with Crippen molar-refractivity contribution >= 4 is 41.8 Å². The van der Waals surface area contributed by atoms with Crippen molar-refractivity contribution in [3.63, 3.8) is 0 Å². The smallest absolute Gasteiger partial charge is 0.664 e. The number of hydrogen-bond donors (Lipinski definition) is 2. The molecule has 2 unspecified atom stereocenters. The number of hydrogen-bond acceptors (Lipinski definition) is 2. The van der Waals surface area contributed by atoms with Crippen LogP contribution in [0.25, 0.3) is 35.2 Å². The Morgan fingerprint density at radius 2 is 1.43 bits per heavy atom. The summed E-state index contributed by atoms with van der Waals surface area (Å²) in [4.78, 5) is 38.6. The Morgan fingerprint density at radius 3 is 2.06 bits per heavy atom. The molecule has 49 heavy (non-hydrogen) atoms. The summed E-state index contributed by atoms with van der Waals surface area (Å²) >= 11 is 0. The molecule has 1 aromatic carbocycles. The largest absolute Gasteiger partial charge is 6.00 e. The normalized spacial score (nSPS) is 20.4. The summed E-state index contributed by atoms with van der Waals surface area (Å²) in [6.07, 6.45) is 10.0. The molecule has 0 aliphatic carbocycles. The van der Waals surface area contributed by atoms with E-state index in [4.69, 9.17) is 20.3 Å². The van der Waals surface area contributed by atoms with Crippen LogP contribution in [0.5, 0.6) is 0 Å². The van der Waals surface area contributed by atoms with Crippen molar-refractivity contribution in [3.8, 4) is 0 Å². The van der Waals surface area contributed by atoms with Crippen LogP contribution in [-0.4, -0.2) is 22.2 Å². The molecule has 2 aliphatic heterocycles. The van der Waals surface area contributed by atoms with Crippen LogP contribution in [0.2, 0.25) is 0 Å². The zero-order valence-corrected chi connectivity index (χ0v) is 29.1. The maximum atomic E-state index is 11.7. The second-order valence-electron chi connectivity index (χ2n) is 12.5. The van der Waals surface area contributed by atoms with Gasteiger partial charge in [0, 0.05) is 12.8 Å². The Morgan fingerprint density at radius 1 is 0.796 bits per heavy atom. The molecule has 1 fully saturated rings. The van der Waals surface area contributed by atoms with Gasteiger partial charge >= 0.3 is 29.0 Å². The molecule has 0 saturated carbocycles. The third kappa shape index (κ3) is 6.56. The first-order valence-corrected chi connectivity index (χ1v) is 16.1. The van der Waals surface area contributed by atoms with E-state index in [1.807, 2.05) is 69.4 Å². The molecule has 0 amide bonds. The van der Waals surface area contributed by atoms with Gasteiger partial charge in [-0.15, -0.1) is 45.7 Å². The van der Waals surface area contributed by atoms with Gasteiger partial charge in [0.1, 0.15) is 0 Å². The van der Waals surface area contributed by atoms with Crippen LogP contribution in [0.15, 0.2) is 61.0 Å². The molecule has 5 heterocycles. The second-order valence-corrected chi connectivity index (χ2v) is 12.5. The molecule has 4 aromatic rings. The molecule has 2 N–H and O–H groups in total. The van der Waals surface area contributed by atoms with Crippen LogP contribution < -0.4 is 25.7 Å². The molecule has 0 spiro atoms. The standard InChI is InChI=1S/C40H38N4O4.Fe/c1-7-26-24(6)39-38(25-12-10-9-11-13-25)40-27(8-2)21(3)32(43-40)18-30-22(4)28(14-16-36(45)46)34(41-30)20-35-29(15-17-37(47)48)23(5)31(42-35)19-33(26)44-39;/h7-13,18-20,24,26H,1-2,14-17H2,3-6H3,(H,45,46)(H,47,48);/q-4;+6/b30-18-,33-19-,34-20-,39-38-;. The van der Waals surface area contributed by atoms with Gasteiger partial charge < -0.3 is 30.5 Å². The van der Waals surface area contributed by atoms with Crippen LogP contribution in [0.4, 0.5) is 0 Å². The topological polar surface area (TPSA) is 131 Å². The summed E-state index contributed by atoms with van der Waals surface area (Å²) in [5, 5.41) is 25.7. The van der Waals surface area contributed by atoms with E-state index < -0.39 is 11.9 Å². The summed E-state index contributed by atoms with van der Waals surface area (Å²) < 4.78 is 0. The fourth-order valence-electron chi connectivity index (χ4n) is 6.92. The van der Waals surface area contributed by atoms with Crippen molar-refractivity contribution in [3.05, 3.63) is 139 Å². The number of benzene rings is 1. The number of carboxylic acid groups (broad SMARTS) is 2. The van der Waals surface area contributed by atoms with Crippen LogP contribution >= 0.6 is 0 Å². The quantitative estimate of drug-likeness (QED) is 0.168. The van der Waals surface area contributed by atoms with E-state index in [2.05, 4.69) is 32.2 Å². The first kappa shape index (κ1) is 35.3. The number of nitrogens with zero attached hydrogens (tertiary/aromatic N) is 4. The molecule has 1 saturated heterocycles. The molecule has 2 atom stereocenters. The van der Waals surface area contributed by atoms with E-state index in [1.165, 1.54) is 0 Å². The minimum Gasteiger partial charge on any atom is -0.664 e. The summed E-state index contributed by atoms with van der Waals surface area (Å²) in [6, 6.07) is 10.1. The molecule has 8 nitrogen and oxygen atoms in total. The Hall–Kier alpha value is -4.98. The second kappa shape index (κ2) is 14.2. The van der Waals surface area contributed by atoms with E-state index in [0.29, 0.717) is 22.1 Å². The number of aromatic nitrogens is 3. The van der Waals surface area contributed by atoms with Gasteiger partial charge in [0.2, 0.25) is 0 Å². The average Bonchev–Trinajstić information content (AvgIpc) is 3.72. The fourth-order valence-corrected chi connectivity index (χ4v) is 6.92. The van der Waals surface area contributed by atoms with Gasteiger partial charge in [-0.3, -0.25) is 9.59 Å². The van der Waals surface area contributed by atoms with Gasteiger partial charge in [-0.25, -0.2) is 0 Å². The predicted molar refractivity (Wildman–Crippen MR) is 189 cm³/mol. The fraction of sp³-hybridized carbons (Fsp3) is 0.250. The summed E-state index contributed by atoms with van der Waals surface area (Å²) in [5.74, 6) is -1.92. The molecular formula is C40H38FeN4O4+2. The minimum absolute atomic E-state index is 0. The Labute approximate surface area is 296 Å². The molecule has 3 aromatic heterocycles. The van der Waals surface area contributed by atoms with Crippen LogP contribution in [0.3, 0.4) is 0 Å². The maximum Gasteiger partial charge on any atom is 6.00 e. The Kier molecular flexibility index (Phi) is 10.3. The summed E-state index contributed by atoms with van der Waals surface area (Å²) in [6.45, 7) is 16.4. The first-order chi connectivity index (χ1) is 23.0. The van der Waals surface area contributed by atoms with Crippen molar-refractivity contribution in [1.29, 1.82) is 0 Å². The van der Waals surface area contributed by atoms with E-state index in [-0.39, 0.29) is 54.6 Å². The van der Waals surface area contributed by atoms with Gasteiger partial charge in [0.25, 0.3) is 0 Å². The third-order valence-electron chi connectivity index (χ3n) is 9.63. The Bertz CT molecular complexity index is 2160. The Balaban J connectivity index is 0.00000468. The van der Waals surface area contributed by atoms with Crippen molar-refractivity contribution in [2.75, 3.05) is 0 Å². The number of rotatable bonds is 9. The van der Waals surface area contributed by atoms with Crippen LogP contribution in [0, 0.1) is 32.6 Å². The van der Waals surface area contributed by atoms with E-state index >= 15 is 0 Å². The van der Waals surface area contributed by atoms with Crippen molar-refractivity contribution in [2.24, 2.45) is 11.8 Å². The number of aliphatic carboxylic acids is 2. The summed E-state index contributed by atoms with van der Waals surface area (Å²) in [7, 11) is 0. The number of carboxylic acids is 2. The van der Waals surface area contributed by atoms with E-state index in [9.17, 15) is 19.8 Å². The zero-order chi connectivity index (χ0) is 34.3. The minimum atomic E-state index is -0.899. The molecule has 2 aliphatic rings. The number of allylic oxidation sites excluding steroid dienone is 2. The monoisotopic (exact) mass is 694 g/mol. The van der Waals surface area contributed by atoms with Crippen molar-refractivity contribution < 1.29 is 36.9 Å².